The number of ketones is 1. The quantitative estimate of drug-likeness (QED) is 0.748. The van der Waals surface area contributed by atoms with Gasteiger partial charge in [0.1, 0.15) is 11.5 Å². The molecule has 7 heteroatoms. The largest absolute Gasteiger partial charge is 0.497 e. The molecule has 0 amide bonds. The Morgan fingerprint density at radius 2 is 2.21 bits per heavy atom. The molecule has 0 radical (unpaired) electrons. The van der Waals surface area contributed by atoms with Crippen LogP contribution in [0.5, 0.6) is 11.5 Å². The van der Waals surface area contributed by atoms with Gasteiger partial charge in [0, 0.05) is 6.07 Å². The topological polar surface area (TPSA) is 79.1 Å². The lowest BCUT2D eigenvalue weighted by atomic mass is 10.1. The van der Waals surface area contributed by atoms with Gasteiger partial charge in [0.15, 0.2) is 12.4 Å². The number of carbonyl (C=O) groups is 1. The molecule has 2 rings (SSSR count). The number of aromatic nitrogens is 4. The van der Waals surface area contributed by atoms with Crippen molar-refractivity contribution in [2.45, 2.75) is 13.5 Å². The van der Waals surface area contributed by atoms with Gasteiger partial charge < -0.3 is 9.47 Å². The lowest BCUT2D eigenvalue weighted by molar-refractivity contribution is 0.101. The highest BCUT2D eigenvalue weighted by Crippen LogP contribution is 2.25. The number of tetrazole rings is 1. The molecule has 7 nitrogen and oxygen atoms in total. The van der Waals surface area contributed by atoms with Crippen LogP contribution in [-0.2, 0) is 13.7 Å². The van der Waals surface area contributed by atoms with Gasteiger partial charge in [-0.2, -0.15) is 4.80 Å². The number of nitrogens with zero attached hydrogens (tertiary/aromatic N) is 4. The maximum Gasteiger partial charge on any atom is 0.212 e. The first-order valence-electron chi connectivity index (χ1n) is 5.65. The van der Waals surface area contributed by atoms with E-state index in [1.165, 1.54) is 11.7 Å². The standard InChI is InChI=1S/C12H14N4O3/c1-8(17)10-5-4-9(18-3)6-11(10)19-7-12-13-15-16(2)14-12/h4-6H,7H2,1-3H3. The highest BCUT2D eigenvalue weighted by molar-refractivity contribution is 5.97. The van der Waals surface area contributed by atoms with Crippen LogP contribution in [-0.4, -0.2) is 33.1 Å². The third-order valence-electron chi connectivity index (χ3n) is 2.47. The van der Waals surface area contributed by atoms with Gasteiger partial charge in [-0.05, 0) is 24.3 Å². The van der Waals surface area contributed by atoms with E-state index < -0.39 is 0 Å². The Balaban J connectivity index is 2.19. The molecule has 0 N–H and O–H groups in total. The molecule has 1 aromatic carbocycles. The Bertz CT molecular complexity index is 594. The molecule has 100 valence electrons. The Morgan fingerprint density at radius 1 is 1.42 bits per heavy atom. The Hall–Kier alpha value is -2.44. The zero-order valence-electron chi connectivity index (χ0n) is 11.0. The summed E-state index contributed by atoms with van der Waals surface area (Å²) in [5.74, 6) is 1.43. The third kappa shape index (κ3) is 3.06. The lowest BCUT2D eigenvalue weighted by Crippen LogP contribution is -2.04. The van der Waals surface area contributed by atoms with Crippen molar-refractivity contribution in [1.29, 1.82) is 0 Å². The molecule has 0 unspecified atom stereocenters. The first-order valence-corrected chi connectivity index (χ1v) is 5.65. The molecule has 2 aromatic rings. The average molecular weight is 262 g/mol. The Kier molecular flexibility index (Phi) is 3.74. The summed E-state index contributed by atoms with van der Waals surface area (Å²) >= 11 is 0. The summed E-state index contributed by atoms with van der Waals surface area (Å²) in [7, 11) is 3.22. The summed E-state index contributed by atoms with van der Waals surface area (Å²) in [6.45, 7) is 1.62. The first-order chi connectivity index (χ1) is 9.10. The number of Topliss-reactive ketones (excluding diaryl/α,β-unsaturated/α-hetero) is 1. The van der Waals surface area contributed by atoms with Gasteiger partial charge in [-0.15, -0.1) is 10.2 Å². The van der Waals surface area contributed by atoms with Crippen LogP contribution in [0.15, 0.2) is 18.2 Å². The minimum absolute atomic E-state index is 0.0789. The van der Waals surface area contributed by atoms with E-state index in [1.807, 2.05) is 0 Å². The molecule has 0 spiro atoms. The van der Waals surface area contributed by atoms with Gasteiger partial charge in [0.05, 0.1) is 19.7 Å². The van der Waals surface area contributed by atoms with Crippen molar-refractivity contribution < 1.29 is 14.3 Å². The number of methoxy groups -OCH3 is 1. The van der Waals surface area contributed by atoms with Gasteiger partial charge in [-0.25, -0.2) is 0 Å². The van der Waals surface area contributed by atoms with E-state index in [4.69, 9.17) is 9.47 Å². The van der Waals surface area contributed by atoms with Crippen LogP contribution in [0.4, 0.5) is 0 Å². The van der Waals surface area contributed by atoms with Gasteiger partial charge in [-0.1, -0.05) is 0 Å². The van der Waals surface area contributed by atoms with Crippen LogP contribution >= 0.6 is 0 Å². The summed E-state index contributed by atoms with van der Waals surface area (Å²) in [5.41, 5.74) is 0.490. The fourth-order valence-corrected chi connectivity index (χ4v) is 1.56. The zero-order chi connectivity index (χ0) is 13.8. The second-order valence-electron chi connectivity index (χ2n) is 3.90. The van der Waals surface area contributed by atoms with Crippen LogP contribution in [0, 0.1) is 0 Å². The summed E-state index contributed by atoms with van der Waals surface area (Å²) in [5, 5.41) is 11.5. The monoisotopic (exact) mass is 262 g/mol. The fourth-order valence-electron chi connectivity index (χ4n) is 1.56. The number of rotatable bonds is 5. The molecule has 1 aromatic heterocycles. The molecule has 0 aliphatic rings. The number of hydrogen-bond acceptors (Lipinski definition) is 6. The SMILES string of the molecule is COc1ccc(C(C)=O)c(OCc2nnn(C)n2)c1. The van der Waals surface area contributed by atoms with Crippen molar-refractivity contribution in [1.82, 2.24) is 20.2 Å². The molecule has 19 heavy (non-hydrogen) atoms. The van der Waals surface area contributed by atoms with Crippen molar-refractivity contribution >= 4 is 5.78 Å². The number of aryl methyl sites for hydroxylation is 1. The van der Waals surface area contributed by atoms with Crippen LogP contribution in [0.1, 0.15) is 23.1 Å². The highest BCUT2D eigenvalue weighted by Gasteiger charge is 2.11. The number of carbonyl (C=O) groups excluding carboxylic acids is 1. The number of ether oxygens (including phenoxy) is 2. The zero-order valence-corrected chi connectivity index (χ0v) is 11.0. The van der Waals surface area contributed by atoms with Crippen molar-refractivity contribution in [3.8, 4) is 11.5 Å². The molecule has 0 aliphatic carbocycles. The van der Waals surface area contributed by atoms with Crippen molar-refractivity contribution in [3.63, 3.8) is 0 Å². The van der Waals surface area contributed by atoms with Gasteiger partial charge in [0.2, 0.25) is 5.82 Å². The second-order valence-corrected chi connectivity index (χ2v) is 3.90. The fraction of sp³-hybridized carbons (Fsp3) is 0.333. The summed E-state index contributed by atoms with van der Waals surface area (Å²) in [6.07, 6.45) is 0. The minimum Gasteiger partial charge on any atom is -0.497 e. The molecule has 1 heterocycles. The van der Waals surface area contributed by atoms with Crippen molar-refractivity contribution in [3.05, 3.63) is 29.6 Å². The molecular weight excluding hydrogens is 248 g/mol. The molecule has 0 saturated heterocycles. The van der Waals surface area contributed by atoms with Crippen molar-refractivity contribution in [2.24, 2.45) is 7.05 Å². The molecule has 0 saturated carbocycles. The highest BCUT2D eigenvalue weighted by atomic mass is 16.5. The average Bonchev–Trinajstić information content (AvgIpc) is 2.81. The first kappa shape index (κ1) is 13.0. The smallest absolute Gasteiger partial charge is 0.212 e. The molecule has 0 atom stereocenters. The van der Waals surface area contributed by atoms with Crippen LogP contribution in [0.2, 0.25) is 0 Å². The van der Waals surface area contributed by atoms with E-state index in [0.29, 0.717) is 22.9 Å². The Labute approximate surface area is 110 Å². The summed E-state index contributed by atoms with van der Waals surface area (Å²) in [4.78, 5) is 12.9. The van der Waals surface area contributed by atoms with E-state index in [2.05, 4.69) is 15.4 Å². The normalized spacial score (nSPS) is 10.3. The lowest BCUT2D eigenvalue weighted by Gasteiger charge is -2.09. The van der Waals surface area contributed by atoms with Gasteiger partial charge in [-0.3, -0.25) is 4.79 Å². The van der Waals surface area contributed by atoms with Gasteiger partial charge in [0.25, 0.3) is 0 Å². The van der Waals surface area contributed by atoms with E-state index in [0.717, 1.165) is 0 Å². The minimum atomic E-state index is -0.0789. The maximum absolute atomic E-state index is 11.5. The third-order valence-corrected chi connectivity index (χ3v) is 2.47. The van der Waals surface area contributed by atoms with E-state index in [1.54, 1.807) is 32.4 Å². The number of hydrogen-bond donors (Lipinski definition) is 0. The second kappa shape index (κ2) is 5.47. The molecular formula is C12H14N4O3. The summed E-state index contributed by atoms with van der Waals surface area (Å²) in [6, 6.07) is 5.04. The molecule has 0 aliphatic heterocycles. The van der Waals surface area contributed by atoms with E-state index in [9.17, 15) is 4.79 Å². The predicted molar refractivity (Wildman–Crippen MR) is 66.1 cm³/mol. The van der Waals surface area contributed by atoms with E-state index >= 15 is 0 Å². The van der Waals surface area contributed by atoms with Crippen LogP contribution in [0.25, 0.3) is 0 Å². The predicted octanol–water partition coefficient (Wildman–Crippen LogP) is 1.00. The van der Waals surface area contributed by atoms with Crippen molar-refractivity contribution in [2.75, 3.05) is 7.11 Å². The summed E-state index contributed by atoms with van der Waals surface area (Å²) < 4.78 is 10.7. The Morgan fingerprint density at radius 3 is 2.79 bits per heavy atom. The molecule has 0 bridgehead atoms. The van der Waals surface area contributed by atoms with Crippen LogP contribution < -0.4 is 9.47 Å². The van der Waals surface area contributed by atoms with E-state index in [-0.39, 0.29) is 12.4 Å². The van der Waals surface area contributed by atoms with Crippen LogP contribution in [0.3, 0.4) is 0 Å². The van der Waals surface area contributed by atoms with Gasteiger partial charge >= 0.3 is 0 Å². The molecule has 0 fully saturated rings. The maximum atomic E-state index is 11.5. The number of benzene rings is 1.